The summed E-state index contributed by atoms with van der Waals surface area (Å²) < 4.78 is 11.4. The molecule has 0 bridgehead atoms. The molecule has 0 saturated heterocycles. The first-order chi connectivity index (χ1) is 9.69. The zero-order chi connectivity index (χ0) is 14.8. The van der Waals surface area contributed by atoms with Crippen LogP contribution in [-0.4, -0.2) is 19.0 Å². The van der Waals surface area contributed by atoms with E-state index in [1.807, 2.05) is 31.2 Å². The summed E-state index contributed by atoms with van der Waals surface area (Å²) in [5.74, 6) is 2.68. The van der Waals surface area contributed by atoms with Crippen molar-refractivity contribution < 1.29 is 9.47 Å². The van der Waals surface area contributed by atoms with Crippen molar-refractivity contribution in [1.82, 2.24) is 0 Å². The summed E-state index contributed by atoms with van der Waals surface area (Å²) in [7, 11) is 0. The zero-order valence-corrected chi connectivity index (χ0v) is 13.9. The van der Waals surface area contributed by atoms with Crippen molar-refractivity contribution in [2.75, 3.05) is 19.0 Å². The van der Waals surface area contributed by atoms with E-state index >= 15 is 0 Å². The van der Waals surface area contributed by atoms with Crippen molar-refractivity contribution in [2.45, 2.75) is 46.5 Å². The van der Waals surface area contributed by atoms with Crippen molar-refractivity contribution in [3.8, 4) is 11.5 Å². The summed E-state index contributed by atoms with van der Waals surface area (Å²) in [6.45, 7) is 7.87. The molecule has 2 nitrogen and oxygen atoms in total. The fraction of sp³-hybridized carbons (Fsp3) is 0.647. The Kier molecular flexibility index (Phi) is 7.90. The standard InChI is InChI=1S/C17H28O2S/c1-4-11-17(14-20,12-5-2)13-19-16-9-7-15(8-10-16)18-6-3/h7-10,20H,4-6,11-14H2,1-3H3. The Hall–Kier alpha value is -0.830. The lowest BCUT2D eigenvalue weighted by Crippen LogP contribution is -2.30. The lowest BCUT2D eigenvalue weighted by Gasteiger charge is -2.31. The predicted molar refractivity (Wildman–Crippen MR) is 89.2 cm³/mol. The number of thiol groups is 1. The van der Waals surface area contributed by atoms with E-state index in [-0.39, 0.29) is 5.41 Å². The molecule has 1 aromatic carbocycles. The van der Waals surface area contributed by atoms with Crippen LogP contribution in [0.25, 0.3) is 0 Å². The van der Waals surface area contributed by atoms with Gasteiger partial charge in [0.2, 0.25) is 0 Å². The van der Waals surface area contributed by atoms with E-state index in [1.54, 1.807) is 0 Å². The molecule has 0 aromatic heterocycles. The first-order valence-electron chi connectivity index (χ1n) is 7.66. The Morgan fingerprint density at radius 3 is 1.80 bits per heavy atom. The van der Waals surface area contributed by atoms with Gasteiger partial charge in [-0.3, -0.25) is 0 Å². The van der Waals surface area contributed by atoms with E-state index in [9.17, 15) is 0 Å². The van der Waals surface area contributed by atoms with Crippen molar-refractivity contribution in [3.63, 3.8) is 0 Å². The second kappa shape index (κ2) is 9.17. The smallest absolute Gasteiger partial charge is 0.119 e. The first-order valence-corrected chi connectivity index (χ1v) is 8.29. The molecule has 0 aliphatic heterocycles. The molecule has 1 aromatic rings. The maximum atomic E-state index is 6.00. The van der Waals surface area contributed by atoms with E-state index in [0.29, 0.717) is 6.61 Å². The molecule has 0 spiro atoms. The molecule has 0 aliphatic rings. The Morgan fingerprint density at radius 2 is 1.40 bits per heavy atom. The summed E-state index contributed by atoms with van der Waals surface area (Å²) in [4.78, 5) is 0. The summed E-state index contributed by atoms with van der Waals surface area (Å²) >= 11 is 4.56. The van der Waals surface area contributed by atoms with Gasteiger partial charge in [0.25, 0.3) is 0 Å². The van der Waals surface area contributed by atoms with Gasteiger partial charge < -0.3 is 9.47 Å². The van der Waals surface area contributed by atoms with Gasteiger partial charge >= 0.3 is 0 Å². The maximum absolute atomic E-state index is 6.00. The molecule has 1 rings (SSSR count). The Balaban J connectivity index is 2.61. The molecule has 0 heterocycles. The van der Waals surface area contributed by atoms with Gasteiger partial charge in [-0.15, -0.1) is 0 Å². The van der Waals surface area contributed by atoms with Gasteiger partial charge in [-0.1, -0.05) is 26.7 Å². The second-order valence-electron chi connectivity index (χ2n) is 5.35. The highest BCUT2D eigenvalue weighted by Gasteiger charge is 2.27. The summed E-state index contributed by atoms with van der Waals surface area (Å²) in [6, 6.07) is 7.88. The van der Waals surface area contributed by atoms with Crippen molar-refractivity contribution in [1.29, 1.82) is 0 Å². The molecule has 0 fully saturated rings. The third-order valence-electron chi connectivity index (χ3n) is 3.58. The van der Waals surface area contributed by atoms with Crippen LogP contribution in [0.5, 0.6) is 11.5 Å². The summed E-state index contributed by atoms with van der Waals surface area (Å²) in [6.07, 6.45) is 4.68. The largest absolute Gasteiger partial charge is 0.494 e. The molecule has 0 unspecified atom stereocenters. The molecule has 0 aliphatic carbocycles. The van der Waals surface area contributed by atoms with Crippen LogP contribution in [0.1, 0.15) is 46.5 Å². The molecule has 114 valence electrons. The summed E-state index contributed by atoms with van der Waals surface area (Å²) in [5.41, 5.74) is 0.200. The van der Waals surface area contributed by atoms with E-state index in [1.165, 1.54) is 25.7 Å². The Morgan fingerprint density at radius 1 is 0.900 bits per heavy atom. The lowest BCUT2D eigenvalue weighted by molar-refractivity contribution is 0.143. The van der Waals surface area contributed by atoms with E-state index in [4.69, 9.17) is 9.47 Å². The molecule has 0 amide bonds. The summed E-state index contributed by atoms with van der Waals surface area (Å²) in [5, 5.41) is 0. The van der Waals surface area contributed by atoms with Crippen LogP contribution in [0, 0.1) is 5.41 Å². The minimum atomic E-state index is 0.200. The van der Waals surface area contributed by atoms with Crippen LogP contribution in [0.4, 0.5) is 0 Å². The highest BCUT2D eigenvalue weighted by Crippen LogP contribution is 2.32. The van der Waals surface area contributed by atoms with Gasteiger partial charge in [0.05, 0.1) is 13.2 Å². The molecule has 20 heavy (non-hydrogen) atoms. The molecule has 0 saturated carbocycles. The van der Waals surface area contributed by atoms with E-state index in [2.05, 4.69) is 26.5 Å². The first kappa shape index (κ1) is 17.2. The molecule has 3 heteroatoms. The topological polar surface area (TPSA) is 18.5 Å². The number of rotatable bonds is 10. The SMILES string of the molecule is CCCC(CS)(CCC)COc1ccc(OCC)cc1. The van der Waals surface area contributed by atoms with Crippen molar-refractivity contribution in [3.05, 3.63) is 24.3 Å². The quantitative estimate of drug-likeness (QED) is 0.614. The zero-order valence-electron chi connectivity index (χ0n) is 13.0. The number of benzene rings is 1. The monoisotopic (exact) mass is 296 g/mol. The maximum Gasteiger partial charge on any atom is 0.119 e. The highest BCUT2D eigenvalue weighted by molar-refractivity contribution is 7.80. The second-order valence-corrected chi connectivity index (χ2v) is 5.67. The minimum absolute atomic E-state index is 0.200. The van der Waals surface area contributed by atoms with Crippen LogP contribution in [-0.2, 0) is 0 Å². The molecule has 0 atom stereocenters. The number of hydrogen-bond acceptors (Lipinski definition) is 3. The van der Waals surface area contributed by atoms with Gasteiger partial charge in [0, 0.05) is 5.41 Å². The molecule has 0 N–H and O–H groups in total. The average Bonchev–Trinajstić information content (AvgIpc) is 2.47. The van der Waals surface area contributed by atoms with Gasteiger partial charge in [0.15, 0.2) is 0 Å². The fourth-order valence-corrected chi connectivity index (χ4v) is 2.98. The normalized spacial score (nSPS) is 11.4. The van der Waals surface area contributed by atoms with E-state index in [0.717, 1.165) is 23.9 Å². The van der Waals surface area contributed by atoms with Gasteiger partial charge in [0.1, 0.15) is 11.5 Å². The van der Waals surface area contributed by atoms with Gasteiger partial charge in [-0.2, -0.15) is 12.6 Å². The molecular weight excluding hydrogens is 268 g/mol. The minimum Gasteiger partial charge on any atom is -0.494 e. The van der Waals surface area contributed by atoms with Crippen LogP contribution in [0.3, 0.4) is 0 Å². The number of ether oxygens (including phenoxy) is 2. The fourth-order valence-electron chi connectivity index (χ4n) is 2.57. The highest BCUT2D eigenvalue weighted by atomic mass is 32.1. The third-order valence-corrected chi connectivity index (χ3v) is 4.25. The Labute approximate surface area is 129 Å². The average molecular weight is 296 g/mol. The lowest BCUT2D eigenvalue weighted by atomic mass is 9.82. The van der Waals surface area contributed by atoms with E-state index < -0.39 is 0 Å². The van der Waals surface area contributed by atoms with Gasteiger partial charge in [-0.05, 0) is 49.8 Å². The van der Waals surface area contributed by atoms with Gasteiger partial charge in [-0.25, -0.2) is 0 Å². The van der Waals surface area contributed by atoms with Crippen LogP contribution in [0.15, 0.2) is 24.3 Å². The van der Waals surface area contributed by atoms with Crippen LogP contribution in [0.2, 0.25) is 0 Å². The van der Waals surface area contributed by atoms with Crippen LogP contribution < -0.4 is 9.47 Å². The van der Waals surface area contributed by atoms with Crippen molar-refractivity contribution >= 4 is 12.6 Å². The van der Waals surface area contributed by atoms with Crippen molar-refractivity contribution in [2.24, 2.45) is 5.41 Å². The third kappa shape index (κ3) is 5.28. The molecular formula is C17H28O2S. The molecule has 0 radical (unpaired) electrons. The number of hydrogen-bond donors (Lipinski definition) is 1. The Bertz CT molecular complexity index is 356. The van der Waals surface area contributed by atoms with Crippen LogP contribution >= 0.6 is 12.6 Å². The predicted octanol–water partition coefficient (Wildman–Crippen LogP) is 4.98.